The second-order valence-corrected chi connectivity index (χ2v) is 4.75. The first-order valence-corrected chi connectivity index (χ1v) is 6.75. The molecule has 2 rings (SSSR count). The van der Waals surface area contributed by atoms with E-state index in [-0.39, 0.29) is 11.4 Å². The highest BCUT2D eigenvalue weighted by Gasteiger charge is 2.19. The first-order chi connectivity index (χ1) is 11.0. The van der Waals surface area contributed by atoms with Gasteiger partial charge in [-0.15, -0.1) is 0 Å². The van der Waals surface area contributed by atoms with Crippen LogP contribution in [0.4, 0.5) is 11.4 Å². The van der Waals surface area contributed by atoms with E-state index >= 15 is 0 Å². The molecule has 1 N–H and O–H groups in total. The van der Waals surface area contributed by atoms with Crippen LogP contribution in [0.5, 0.6) is 11.5 Å². The summed E-state index contributed by atoms with van der Waals surface area (Å²) in [5, 5.41) is 13.7. The number of benzene rings is 2. The van der Waals surface area contributed by atoms with Gasteiger partial charge < -0.3 is 14.8 Å². The number of carbonyl (C=O) groups excluding carboxylic acids is 1. The Hall–Kier alpha value is -3.09. The Morgan fingerprint density at radius 1 is 1.13 bits per heavy atom. The fourth-order valence-corrected chi connectivity index (χ4v) is 2.13. The molecule has 7 nitrogen and oxygen atoms in total. The zero-order valence-electron chi connectivity index (χ0n) is 13.0. The monoisotopic (exact) mass is 316 g/mol. The van der Waals surface area contributed by atoms with Gasteiger partial charge in [0.25, 0.3) is 11.6 Å². The number of carbonyl (C=O) groups is 1. The number of nitrogens with one attached hydrogen (secondary N) is 1. The lowest BCUT2D eigenvalue weighted by Crippen LogP contribution is -2.14. The number of amides is 1. The number of nitro groups is 1. The number of hydrogen-bond acceptors (Lipinski definition) is 5. The molecule has 0 aliphatic carbocycles. The van der Waals surface area contributed by atoms with Crippen molar-refractivity contribution in [2.75, 3.05) is 19.5 Å². The molecule has 0 aliphatic heterocycles. The number of nitro benzene ring substituents is 1. The number of ether oxygens (including phenoxy) is 2. The molecule has 0 aliphatic rings. The average Bonchev–Trinajstić information content (AvgIpc) is 2.55. The maximum Gasteiger partial charge on any atom is 0.293 e. The van der Waals surface area contributed by atoms with Gasteiger partial charge in [0.05, 0.1) is 19.1 Å². The molecule has 0 spiro atoms. The molecule has 2 aromatic rings. The van der Waals surface area contributed by atoms with E-state index in [9.17, 15) is 14.9 Å². The van der Waals surface area contributed by atoms with E-state index in [1.165, 1.54) is 26.4 Å². The van der Waals surface area contributed by atoms with Crippen LogP contribution in [0.2, 0.25) is 0 Å². The second kappa shape index (κ2) is 6.78. The molecule has 0 radical (unpaired) electrons. The average molecular weight is 316 g/mol. The van der Waals surface area contributed by atoms with Crippen LogP contribution in [-0.2, 0) is 0 Å². The van der Waals surface area contributed by atoms with Gasteiger partial charge in [-0.3, -0.25) is 14.9 Å². The van der Waals surface area contributed by atoms with Gasteiger partial charge in [0.1, 0.15) is 5.69 Å². The number of hydrogen-bond donors (Lipinski definition) is 1. The van der Waals surface area contributed by atoms with E-state index < -0.39 is 10.8 Å². The summed E-state index contributed by atoms with van der Waals surface area (Å²) in [4.78, 5) is 22.9. The Morgan fingerprint density at radius 3 is 2.43 bits per heavy atom. The summed E-state index contributed by atoms with van der Waals surface area (Å²) in [6.45, 7) is 1.69. The van der Waals surface area contributed by atoms with Gasteiger partial charge in [-0.25, -0.2) is 0 Å². The molecule has 0 unspecified atom stereocenters. The number of para-hydroxylation sites is 1. The highest BCUT2D eigenvalue weighted by molar-refractivity contribution is 6.06. The van der Waals surface area contributed by atoms with Gasteiger partial charge in [-0.2, -0.15) is 0 Å². The van der Waals surface area contributed by atoms with Crippen molar-refractivity contribution in [3.63, 3.8) is 0 Å². The van der Waals surface area contributed by atoms with E-state index in [0.29, 0.717) is 22.6 Å². The van der Waals surface area contributed by atoms with Crippen LogP contribution in [0.25, 0.3) is 0 Å². The molecule has 0 aromatic heterocycles. The van der Waals surface area contributed by atoms with Crippen molar-refractivity contribution in [1.29, 1.82) is 0 Å². The lowest BCUT2D eigenvalue weighted by molar-refractivity contribution is -0.383. The van der Waals surface area contributed by atoms with E-state index in [2.05, 4.69) is 5.32 Å². The Kier molecular flexibility index (Phi) is 4.80. The highest BCUT2D eigenvalue weighted by atomic mass is 16.6. The maximum atomic E-state index is 12.4. The third-order valence-corrected chi connectivity index (χ3v) is 3.33. The summed E-state index contributed by atoms with van der Waals surface area (Å²) >= 11 is 0. The number of methoxy groups -OCH3 is 2. The molecular weight excluding hydrogens is 300 g/mol. The molecule has 0 fully saturated rings. The van der Waals surface area contributed by atoms with Crippen molar-refractivity contribution >= 4 is 17.3 Å². The Balaban J connectivity index is 2.35. The Bertz CT molecular complexity index is 758. The number of nitrogens with zero attached hydrogens (tertiary/aromatic N) is 1. The van der Waals surface area contributed by atoms with E-state index in [1.54, 1.807) is 31.2 Å². The smallest absolute Gasteiger partial charge is 0.293 e. The standard InChI is InChI=1S/C16H16N2O5/c1-10-5-4-6-12(18(20)21)15(10)17-16(19)11-7-8-13(22-2)14(9-11)23-3/h4-9H,1-3H3,(H,17,19). The van der Waals surface area contributed by atoms with E-state index in [0.717, 1.165) is 0 Å². The first kappa shape index (κ1) is 16.3. The van der Waals surface area contributed by atoms with Crippen LogP contribution >= 0.6 is 0 Å². The lowest BCUT2D eigenvalue weighted by Gasteiger charge is -2.11. The molecule has 120 valence electrons. The Labute approximate surface area is 133 Å². The van der Waals surface area contributed by atoms with Crippen molar-refractivity contribution in [3.05, 3.63) is 57.6 Å². The summed E-state index contributed by atoms with van der Waals surface area (Å²) in [7, 11) is 2.96. The van der Waals surface area contributed by atoms with Gasteiger partial charge in [-0.05, 0) is 30.7 Å². The fourth-order valence-electron chi connectivity index (χ4n) is 2.13. The topological polar surface area (TPSA) is 90.7 Å². The third kappa shape index (κ3) is 3.39. The van der Waals surface area contributed by atoms with Gasteiger partial charge in [0.2, 0.25) is 0 Å². The summed E-state index contributed by atoms with van der Waals surface area (Å²) in [6.07, 6.45) is 0. The predicted octanol–water partition coefficient (Wildman–Crippen LogP) is 3.17. The molecule has 0 atom stereocenters. The third-order valence-electron chi connectivity index (χ3n) is 3.33. The predicted molar refractivity (Wildman–Crippen MR) is 85.3 cm³/mol. The Morgan fingerprint density at radius 2 is 1.83 bits per heavy atom. The van der Waals surface area contributed by atoms with Crippen molar-refractivity contribution in [2.24, 2.45) is 0 Å². The van der Waals surface area contributed by atoms with Crippen LogP contribution in [-0.4, -0.2) is 25.1 Å². The van der Waals surface area contributed by atoms with Crippen molar-refractivity contribution in [1.82, 2.24) is 0 Å². The lowest BCUT2D eigenvalue weighted by atomic mass is 10.1. The number of rotatable bonds is 5. The molecule has 1 amide bonds. The molecule has 0 heterocycles. The summed E-state index contributed by atoms with van der Waals surface area (Å²) < 4.78 is 10.3. The fraction of sp³-hybridized carbons (Fsp3) is 0.188. The normalized spacial score (nSPS) is 10.0. The molecule has 0 saturated heterocycles. The summed E-state index contributed by atoms with van der Waals surface area (Å²) in [5.41, 5.74) is 0.935. The van der Waals surface area contributed by atoms with E-state index in [1.807, 2.05) is 0 Å². The summed E-state index contributed by atoms with van der Waals surface area (Å²) in [6, 6.07) is 9.27. The highest BCUT2D eigenvalue weighted by Crippen LogP contribution is 2.30. The van der Waals surface area contributed by atoms with E-state index in [4.69, 9.17) is 9.47 Å². The second-order valence-electron chi connectivity index (χ2n) is 4.75. The number of anilines is 1. The molecule has 0 saturated carbocycles. The van der Waals surface area contributed by atoms with Crippen LogP contribution in [0.1, 0.15) is 15.9 Å². The van der Waals surface area contributed by atoms with Crippen LogP contribution < -0.4 is 14.8 Å². The largest absolute Gasteiger partial charge is 0.493 e. The zero-order chi connectivity index (χ0) is 17.0. The maximum absolute atomic E-state index is 12.4. The molecule has 2 aromatic carbocycles. The molecule has 7 heteroatoms. The SMILES string of the molecule is COc1ccc(C(=O)Nc2c(C)cccc2[N+](=O)[O-])cc1OC. The first-order valence-electron chi connectivity index (χ1n) is 6.75. The molecule has 23 heavy (non-hydrogen) atoms. The minimum atomic E-state index is -0.531. The summed E-state index contributed by atoms with van der Waals surface area (Å²) in [5.74, 6) is 0.425. The minimum Gasteiger partial charge on any atom is -0.493 e. The zero-order valence-corrected chi connectivity index (χ0v) is 13.0. The quantitative estimate of drug-likeness (QED) is 0.676. The van der Waals surface area contributed by atoms with Crippen LogP contribution in [0.3, 0.4) is 0 Å². The van der Waals surface area contributed by atoms with Crippen molar-refractivity contribution in [2.45, 2.75) is 6.92 Å². The van der Waals surface area contributed by atoms with Crippen LogP contribution in [0, 0.1) is 17.0 Å². The van der Waals surface area contributed by atoms with Gasteiger partial charge in [0, 0.05) is 11.6 Å². The van der Waals surface area contributed by atoms with Gasteiger partial charge >= 0.3 is 0 Å². The number of aryl methyl sites for hydroxylation is 1. The molecular formula is C16H16N2O5. The van der Waals surface area contributed by atoms with Crippen LogP contribution in [0.15, 0.2) is 36.4 Å². The van der Waals surface area contributed by atoms with Gasteiger partial charge in [-0.1, -0.05) is 12.1 Å². The minimum absolute atomic E-state index is 0.154. The van der Waals surface area contributed by atoms with Crippen molar-refractivity contribution in [3.8, 4) is 11.5 Å². The molecule has 0 bridgehead atoms. The van der Waals surface area contributed by atoms with Crippen molar-refractivity contribution < 1.29 is 19.2 Å². The van der Waals surface area contributed by atoms with Gasteiger partial charge in [0.15, 0.2) is 11.5 Å².